The normalized spacial score (nSPS) is 11.5. The van der Waals surface area contributed by atoms with Crippen LogP contribution in [0.25, 0.3) is 22.6 Å². The van der Waals surface area contributed by atoms with E-state index in [0.29, 0.717) is 27.6 Å². The zero-order chi connectivity index (χ0) is 19.0. The molecule has 0 aliphatic rings. The largest absolute Gasteiger partial charge is 0.507 e. The number of oxazole rings is 1. The molecule has 0 fully saturated rings. The number of phenols is 1. The first kappa shape index (κ1) is 17.3. The quantitative estimate of drug-likeness (QED) is 0.432. The average molecular weight is 377 g/mol. The molecule has 3 aromatic carbocycles. The molecule has 1 heterocycles. The van der Waals surface area contributed by atoms with Crippen molar-refractivity contribution in [2.75, 3.05) is 0 Å². The van der Waals surface area contributed by atoms with E-state index in [2.05, 4.69) is 9.98 Å². The SMILES string of the molecule is Cc1ccc(-c2nc3cc(Cl)ccc3o2)cc1N=Cc1cccc(C)c1O. The third kappa shape index (κ3) is 3.44. The van der Waals surface area contributed by atoms with E-state index in [-0.39, 0.29) is 5.75 Å². The van der Waals surface area contributed by atoms with Crippen LogP contribution in [0.1, 0.15) is 16.7 Å². The van der Waals surface area contributed by atoms with Gasteiger partial charge in [0, 0.05) is 22.4 Å². The molecular weight excluding hydrogens is 360 g/mol. The standard InChI is InChI=1S/C22H17ClN2O2/c1-13-6-7-15(22-25-19-11-17(23)8-9-20(19)27-22)10-18(13)24-12-16-5-3-4-14(2)21(16)26/h3-12,26H,1-2H3. The molecule has 134 valence electrons. The van der Waals surface area contributed by atoms with E-state index in [1.165, 1.54) is 0 Å². The summed E-state index contributed by atoms with van der Waals surface area (Å²) in [6, 6.07) is 16.8. The number of aryl methyl sites for hydroxylation is 2. The van der Waals surface area contributed by atoms with Crippen LogP contribution >= 0.6 is 11.6 Å². The number of aromatic hydroxyl groups is 1. The molecule has 0 atom stereocenters. The van der Waals surface area contributed by atoms with Gasteiger partial charge in [0.05, 0.1) is 5.69 Å². The Balaban J connectivity index is 1.72. The minimum atomic E-state index is 0.242. The Bertz CT molecular complexity index is 1180. The van der Waals surface area contributed by atoms with Gasteiger partial charge in [-0.3, -0.25) is 4.99 Å². The first-order valence-electron chi connectivity index (χ1n) is 8.51. The third-order valence-electron chi connectivity index (χ3n) is 4.42. The highest BCUT2D eigenvalue weighted by atomic mass is 35.5. The molecule has 0 spiro atoms. The van der Waals surface area contributed by atoms with Crippen LogP contribution < -0.4 is 0 Å². The summed E-state index contributed by atoms with van der Waals surface area (Å²) in [5.74, 6) is 0.757. The lowest BCUT2D eigenvalue weighted by Gasteiger charge is -2.04. The minimum absolute atomic E-state index is 0.242. The van der Waals surface area contributed by atoms with Crippen LogP contribution in [0, 0.1) is 13.8 Å². The number of para-hydroxylation sites is 1. The molecule has 4 nitrogen and oxygen atoms in total. The maximum Gasteiger partial charge on any atom is 0.227 e. The second-order valence-corrected chi connectivity index (χ2v) is 6.84. The highest BCUT2D eigenvalue weighted by Crippen LogP contribution is 2.30. The fourth-order valence-electron chi connectivity index (χ4n) is 2.83. The van der Waals surface area contributed by atoms with Crippen molar-refractivity contribution in [1.82, 2.24) is 4.98 Å². The first-order chi connectivity index (χ1) is 13.0. The molecule has 0 aliphatic carbocycles. The maximum absolute atomic E-state index is 10.2. The molecule has 0 amide bonds. The summed E-state index contributed by atoms with van der Waals surface area (Å²) >= 11 is 6.02. The Kier molecular flexibility index (Phi) is 4.42. The van der Waals surface area contributed by atoms with Gasteiger partial charge in [0.1, 0.15) is 11.3 Å². The number of rotatable bonds is 3. The lowest BCUT2D eigenvalue weighted by molar-refractivity contribution is 0.470. The highest BCUT2D eigenvalue weighted by molar-refractivity contribution is 6.31. The number of nitrogens with zero attached hydrogens (tertiary/aromatic N) is 2. The number of benzene rings is 3. The summed E-state index contributed by atoms with van der Waals surface area (Å²) in [4.78, 5) is 9.07. The van der Waals surface area contributed by atoms with Crippen molar-refractivity contribution in [2.45, 2.75) is 13.8 Å². The van der Waals surface area contributed by atoms with Crippen molar-refractivity contribution in [3.63, 3.8) is 0 Å². The van der Waals surface area contributed by atoms with Crippen molar-refractivity contribution in [3.8, 4) is 17.2 Å². The molecule has 1 aromatic heterocycles. The summed E-state index contributed by atoms with van der Waals surface area (Å²) < 4.78 is 5.84. The van der Waals surface area contributed by atoms with E-state index in [1.807, 2.05) is 56.3 Å². The Morgan fingerprint density at radius 1 is 1.04 bits per heavy atom. The molecule has 0 radical (unpaired) electrons. The summed E-state index contributed by atoms with van der Waals surface area (Å²) in [5.41, 5.74) is 5.52. The molecular formula is C22H17ClN2O2. The van der Waals surface area contributed by atoms with Gasteiger partial charge >= 0.3 is 0 Å². The fourth-order valence-corrected chi connectivity index (χ4v) is 3.00. The van der Waals surface area contributed by atoms with E-state index < -0.39 is 0 Å². The van der Waals surface area contributed by atoms with E-state index >= 15 is 0 Å². The van der Waals surface area contributed by atoms with Crippen LogP contribution in [0.15, 0.2) is 64.0 Å². The van der Waals surface area contributed by atoms with Gasteiger partial charge in [0.15, 0.2) is 5.58 Å². The number of aromatic nitrogens is 1. The van der Waals surface area contributed by atoms with Crippen LogP contribution in [0.4, 0.5) is 5.69 Å². The Morgan fingerprint density at radius 2 is 1.89 bits per heavy atom. The lowest BCUT2D eigenvalue weighted by Crippen LogP contribution is -1.86. The molecule has 0 unspecified atom stereocenters. The molecule has 0 saturated carbocycles. The predicted molar refractivity (Wildman–Crippen MR) is 109 cm³/mol. The van der Waals surface area contributed by atoms with Crippen molar-refractivity contribution in [3.05, 3.63) is 76.3 Å². The third-order valence-corrected chi connectivity index (χ3v) is 4.65. The zero-order valence-corrected chi connectivity index (χ0v) is 15.7. The van der Waals surface area contributed by atoms with Crippen LogP contribution in [-0.4, -0.2) is 16.3 Å². The van der Waals surface area contributed by atoms with Crippen molar-refractivity contribution in [1.29, 1.82) is 0 Å². The van der Waals surface area contributed by atoms with E-state index in [9.17, 15) is 5.11 Å². The van der Waals surface area contributed by atoms with Gasteiger partial charge < -0.3 is 9.52 Å². The summed E-state index contributed by atoms with van der Waals surface area (Å²) in [6.07, 6.45) is 1.67. The van der Waals surface area contributed by atoms with Gasteiger partial charge in [-0.15, -0.1) is 0 Å². The van der Waals surface area contributed by atoms with Crippen LogP contribution in [-0.2, 0) is 0 Å². The van der Waals surface area contributed by atoms with Gasteiger partial charge in [-0.1, -0.05) is 29.8 Å². The molecule has 4 rings (SSSR count). The summed E-state index contributed by atoms with van der Waals surface area (Å²) in [6.45, 7) is 3.84. The van der Waals surface area contributed by atoms with Gasteiger partial charge in [0.2, 0.25) is 5.89 Å². The number of hydrogen-bond donors (Lipinski definition) is 1. The van der Waals surface area contributed by atoms with Gasteiger partial charge in [-0.2, -0.15) is 0 Å². The van der Waals surface area contributed by atoms with Crippen molar-refractivity contribution < 1.29 is 9.52 Å². The number of aliphatic imine (C=N–C) groups is 1. The topological polar surface area (TPSA) is 58.6 Å². The van der Waals surface area contributed by atoms with Gasteiger partial charge in [-0.25, -0.2) is 4.98 Å². The minimum Gasteiger partial charge on any atom is -0.507 e. The zero-order valence-electron chi connectivity index (χ0n) is 14.9. The molecule has 4 aromatic rings. The van der Waals surface area contributed by atoms with Gasteiger partial charge in [0.25, 0.3) is 0 Å². The van der Waals surface area contributed by atoms with Crippen LogP contribution in [0.3, 0.4) is 0 Å². The molecule has 0 bridgehead atoms. The second kappa shape index (κ2) is 6.89. The molecule has 1 N–H and O–H groups in total. The van der Waals surface area contributed by atoms with Crippen molar-refractivity contribution in [2.24, 2.45) is 4.99 Å². The fraction of sp³-hybridized carbons (Fsp3) is 0.0909. The molecule has 0 aliphatic heterocycles. The summed E-state index contributed by atoms with van der Waals surface area (Å²) in [7, 11) is 0. The predicted octanol–water partition coefficient (Wildman–Crippen LogP) is 6.22. The maximum atomic E-state index is 10.2. The van der Waals surface area contributed by atoms with Gasteiger partial charge in [-0.05, 0) is 61.4 Å². The monoisotopic (exact) mass is 376 g/mol. The van der Waals surface area contributed by atoms with E-state index in [1.54, 1.807) is 18.3 Å². The second-order valence-electron chi connectivity index (χ2n) is 6.40. The lowest BCUT2D eigenvalue weighted by atomic mass is 10.1. The molecule has 5 heteroatoms. The molecule has 27 heavy (non-hydrogen) atoms. The van der Waals surface area contributed by atoms with Crippen molar-refractivity contribution >= 4 is 34.6 Å². The van der Waals surface area contributed by atoms with Crippen LogP contribution in [0.5, 0.6) is 5.75 Å². The van der Waals surface area contributed by atoms with E-state index in [4.69, 9.17) is 16.0 Å². The average Bonchev–Trinajstić information content (AvgIpc) is 3.07. The van der Waals surface area contributed by atoms with E-state index in [0.717, 1.165) is 22.4 Å². The summed E-state index contributed by atoms with van der Waals surface area (Å²) in [5, 5.41) is 10.8. The first-order valence-corrected chi connectivity index (χ1v) is 8.89. The van der Waals surface area contributed by atoms with Crippen LogP contribution in [0.2, 0.25) is 5.02 Å². The smallest absolute Gasteiger partial charge is 0.227 e. The number of halogens is 1. The Morgan fingerprint density at radius 3 is 2.74 bits per heavy atom. The Hall–Kier alpha value is -3.11. The number of hydrogen-bond acceptors (Lipinski definition) is 4. The number of fused-ring (bicyclic) bond motifs is 1. The molecule has 0 saturated heterocycles. The Labute approximate surface area is 161 Å². The number of phenolic OH excluding ortho intramolecular Hbond substituents is 1. The highest BCUT2D eigenvalue weighted by Gasteiger charge is 2.10.